The van der Waals surface area contributed by atoms with Crippen LogP contribution in [0.2, 0.25) is 0 Å². The number of carbonyl (C=O) groups is 2. The third-order valence-corrected chi connectivity index (χ3v) is 4.33. The molecule has 0 spiro atoms. The molecule has 9 heteroatoms. The highest BCUT2D eigenvalue weighted by atomic mass is 79.9. The molecule has 0 aromatic heterocycles. The van der Waals surface area contributed by atoms with Crippen LogP contribution in [0, 0.1) is 5.82 Å². The summed E-state index contributed by atoms with van der Waals surface area (Å²) in [6.07, 6.45) is -0.0889. The zero-order valence-corrected chi connectivity index (χ0v) is 17.8. The number of hydrogen-bond donors (Lipinski definition) is 2. The number of nitrogens with one attached hydrogen (secondary N) is 2. The van der Waals surface area contributed by atoms with E-state index in [0.29, 0.717) is 28.3 Å². The number of rotatable bonds is 8. The summed E-state index contributed by atoms with van der Waals surface area (Å²) >= 11 is 3.36. The largest absolute Gasteiger partial charge is 0.493 e. The van der Waals surface area contributed by atoms with Gasteiger partial charge in [0.1, 0.15) is 11.6 Å². The Balaban J connectivity index is 1.97. The quantitative estimate of drug-likeness (QED) is 0.577. The fourth-order valence-electron chi connectivity index (χ4n) is 2.26. The maximum Gasteiger partial charge on any atom is 0.279 e. The van der Waals surface area contributed by atoms with Crippen LogP contribution in [-0.4, -0.2) is 31.6 Å². The van der Waals surface area contributed by atoms with E-state index in [4.69, 9.17) is 14.2 Å². The van der Waals surface area contributed by atoms with Gasteiger partial charge in [-0.05, 0) is 65.7 Å². The van der Waals surface area contributed by atoms with Gasteiger partial charge >= 0.3 is 0 Å². The Bertz CT molecular complexity index is 861. The highest BCUT2D eigenvalue weighted by molar-refractivity contribution is 9.10. The molecule has 0 aliphatic rings. The van der Waals surface area contributed by atoms with Crippen molar-refractivity contribution in [3.63, 3.8) is 0 Å². The summed E-state index contributed by atoms with van der Waals surface area (Å²) in [5.41, 5.74) is 4.87. The lowest BCUT2D eigenvalue weighted by molar-refractivity contribution is -0.128. The van der Waals surface area contributed by atoms with Crippen LogP contribution in [0.25, 0.3) is 0 Å². The molecule has 2 N–H and O–H groups in total. The fourth-order valence-corrected chi connectivity index (χ4v) is 2.81. The van der Waals surface area contributed by atoms with Crippen LogP contribution in [0.5, 0.6) is 17.2 Å². The fraction of sp³-hybridized carbons (Fsp3) is 0.300. The molecular weight excluding hydrogens is 447 g/mol. The standard InChI is InChI=1S/C20H22BrFN2O5/c1-4-9-28-18-16(21)10-13(11-17(18)27-3)20(26)24-23-19(25)12(2)29-15-7-5-14(22)6-8-15/h5-8,10-12H,4,9H2,1-3H3,(H,23,25)(H,24,26). The third-order valence-electron chi connectivity index (χ3n) is 3.74. The zero-order chi connectivity index (χ0) is 21.4. The molecule has 0 radical (unpaired) electrons. The number of hydrogen-bond acceptors (Lipinski definition) is 5. The van der Waals surface area contributed by atoms with Crippen LogP contribution in [0.15, 0.2) is 40.9 Å². The van der Waals surface area contributed by atoms with Gasteiger partial charge in [-0.25, -0.2) is 4.39 Å². The van der Waals surface area contributed by atoms with Gasteiger partial charge in [-0.15, -0.1) is 0 Å². The minimum Gasteiger partial charge on any atom is -0.493 e. The van der Waals surface area contributed by atoms with E-state index in [1.165, 1.54) is 44.4 Å². The lowest BCUT2D eigenvalue weighted by Gasteiger charge is -2.16. The van der Waals surface area contributed by atoms with E-state index in [1.54, 1.807) is 6.07 Å². The molecule has 0 bridgehead atoms. The summed E-state index contributed by atoms with van der Waals surface area (Å²) in [6, 6.07) is 8.33. The second kappa shape index (κ2) is 10.7. The number of amides is 2. The van der Waals surface area contributed by atoms with Crippen molar-refractivity contribution in [2.75, 3.05) is 13.7 Å². The summed E-state index contributed by atoms with van der Waals surface area (Å²) in [4.78, 5) is 24.5. The predicted octanol–water partition coefficient (Wildman–Crippen LogP) is 3.61. The van der Waals surface area contributed by atoms with E-state index < -0.39 is 23.7 Å². The molecule has 0 saturated heterocycles. The third kappa shape index (κ3) is 6.35. The van der Waals surface area contributed by atoms with Gasteiger partial charge in [0, 0.05) is 5.56 Å². The van der Waals surface area contributed by atoms with Crippen molar-refractivity contribution < 1.29 is 28.2 Å². The van der Waals surface area contributed by atoms with Crippen LogP contribution in [-0.2, 0) is 4.79 Å². The van der Waals surface area contributed by atoms with Crippen LogP contribution in [0.1, 0.15) is 30.6 Å². The van der Waals surface area contributed by atoms with Crippen molar-refractivity contribution in [2.24, 2.45) is 0 Å². The maximum atomic E-state index is 12.9. The lowest BCUT2D eigenvalue weighted by atomic mass is 10.2. The summed E-state index contributed by atoms with van der Waals surface area (Å²) in [5, 5.41) is 0. The van der Waals surface area contributed by atoms with E-state index >= 15 is 0 Å². The Hall–Kier alpha value is -2.81. The Kier molecular flexibility index (Phi) is 8.26. The van der Waals surface area contributed by atoms with Crippen LogP contribution in [0.4, 0.5) is 4.39 Å². The molecule has 1 unspecified atom stereocenters. The average molecular weight is 469 g/mol. The molecule has 2 aromatic carbocycles. The van der Waals surface area contributed by atoms with Crippen molar-refractivity contribution in [3.05, 3.63) is 52.3 Å². The van der Waals surface area contributed by atoms with Gasteiger partial charge in [-0.3, -0.25) is 20.4 Å². The summed E-state index contributed by atoms with van der Waals surface area (Å²) < 4.78 is 29.8. The second-order valence-corrected chi connectivity index (χ2v) is 6.85. The number of halogens is 2. The van der Waals surface area contributed by atoms with Gasteiger partial charge in [0.05, 0.1) is 18.2 Å². The molecule has 0 aliphatic heterocycles. The molecule has 0 fully saturated rings. The molecule has 156 valence electrons. The first-order valence-corrected chi connectivity index (χ1v) is 9.67. The van der Waals surface area contributed by atoms with Gasteiger partial charge in [0.25, 0.3) is 11.8 Å². The summed E-state index contributed by atoms with van der Waals surface area (Å²) in [7, 11) is 1.47. The molecular formula is C20H22BrFN2O5. The molecule has 0 heterocycles. The monoisotopic (exact) mass is 468 g/mol. The maximum absolute atomic E-state index is 12.9. The number of ether oxygens (including phenoxy) is 3. The molecule has 0 aliphatic carbocycles. The highest BCUT2D eigenvalue weighted by Crippen LogP contribution is 2.36. The molecule has 2 amide bonds. The van der Waals surface area contributed by atoms with Crippen molar-refractivity contribution >= 4 is 27.7 Å². The minimum atomic E-state index is -0.910. The lowest BCUT2D eigenvalue weighted by Crippen LogP contribution is -2.47. The molecule has 2 rings (SSSR count). The highest BCUT2D eigenvalue weighted by Gasteiger charge is 2.18. The van der Waals surface area contributed by atoms with Crippen LogP contribution in [0.3, 0.4) is 0 Å². The van der Waals surface area contributed by atoms with E-state index in [1.807, 2.05) is 6.92 Å². The molecule has 2 aromatic rings. The average Bonchev–Trinajstić information content (AvgIpc) is 2.71. The van der Waals surface area contributed by atoms with E-state index in [9.17, 15) is 14.0 Å². The summed E-state index contributed by atoms with van der Waals surface area (Å²) in [6.45, 7) is 3.98. The Morgan fingerprint density at radius 3 is 2.48 bits per heavy atom. The zero-order valence-electron chi connectivity index (χ0n) is 16.3. The van der Waals surface area contributed by atoms with E-state index in [-0.39, 0.29) is 5.56 Å². The molecule has 1 atom stereocenters. The molecule has 7 nitrogen and oxygen atoms in total. The number of hydrazine groups is 1. The Morgan fingerprint density at radius 2 is 1.86 bits per heavy atom. The van der Waals surface area contributed by atoms with Gasteiger partial charge in [-0.1, -0.05) is 6.92 Å². The minimum absolute atomic E-state index is 0.255. The summed E-state index contributed by atoms with van der Waals surface area (Å²) in [5.74, 6) is -0.315. The van der Waals surface area contributed by atoms with Gasteiger partial charge in [-0.2, -0.15) is 0 Å². The first kappa shape index (κ1) is 22.5. The smallest absolute Gasteiger partial charge is 0.279 e. The van der Waals surface area contributed by atoms with Gasteiger partial charge in [0.15, 0.2) is 17.6 Å². The SMILES string of the molecule is CCCOc1c(Br)cc(C(=O)NNC(=O)C(C)Oc2ccc(F)cc2)cc1OC. The molecule has 29 heavy (non-hydrogen) atoms. The van der Waals surface area contributed by atoms with Crippen LogP contribution < -0.4 is 25.1 Å². The van der Waals surface area contributed by atoms with Gasteiger partial charge < -0.3 is 14.2 Å². The second-order valence-electron chi connectivity index (χ2n) is 6.00. The normalized spacial score (nSPS) is 11.3. The predicted molar refractivity (Wildman–Crippen MR) is 109 cm³/mol. The number of methoxy groups -OCH3 is 1. The van der Waals surface area contributed by atoms with E-state index in [2.05, 4.69) is 26.8 Å². The topological polar surface area (TPSA) is 85.9 Å². The van der Waals surface area contributed by atoms with Crippen molar-refractivity contribution in [1.29, 1.82) is 0 Å². The van der Waals surface area contributed by atoms with Crippen LogP contribution >= 0.6 is 15.9 Å². The number of carbonyl (C=O) groups excluding carboxylic acids is 2. The van der Waals surface area contributed by atoms with Gasteiger partial charge in [0.2, 0.25) is 0 Å². The van der Waals surface area contributed by atoms with Crippen molar-refractivity contribution in [1.82, 2.24) is 10.9 Å². The molecule has 0 saturated carbocycles. The Morgan fingerprint density at radius 1 is 1.17 bits per heavy atom. The Labute approximate surface area is 176 Å². The van der Waals surface area contributed by atoms with Crippen molar-refractivity contribution in [3.8, 4) is 17.2 Å². The number of benzene rings is 2. The van der Waals surface area contributed by atoms with E-state index in [0.717, 1.165) is 6.42 Å². The first-order chi connectivity index (χ1) is 13.8. The first-order valence-electron chi connectivity index (χ1n) is 8.88. The van der Waals surface area contributed by atoms with Crippen molar-refractivity contribution in [2.45, 2.75) is 26.4 Å².